The third kappa shape index (κ3) is 5.65. The van der Waals surface area contributed by atoms with Crippen LogP contribution in [-0.4, -0.2) is 83.4 Å². The second kappa shape index (κ2) is 11.6. The zero-order valence-electron chi connectivity index (χ0n) is 23.1. The summed E-state index contributed by atoms with van der Waals surface area (Å²) in [6.07, 6.45) is 5.71. The number of hydrogen-bond donors (Lipinski definition) is 2. The Morgan fingerprint density at radius 3 is 2.60 bits per heavy atom. The van der Waals surface area contributed by atoms with Crippen LogP contribution >= 0.6 is 20.7 Å². The maximum absolute atomic E-state index is 15.5. The summed E-state index contributed by atoms with van der Waals surface area (Å²) in [5.74, 6) is 0.194. The number of amides is 1. The number of likely N-dealkylation sites (N-methyl/N-ethyl adjacent to an activating group) is 1. The summed E-state index contributed by atoms with van der Waals surface area (Å²) < 4.78 is 38.6. The molecule has 3 aliphatic heterocycles. The molecular weight excluding hydrogens is 631 g/mol. The number of carbonyl (C=O) groups excluding carboxylic acids is 1. The van der Waals surface area contributed by atoms with E-state index in [2.05, 4.69) is 14.9 Å². The van der Waals surface area contributed by atoms with E-state index in [0.717, 1.165) is 29.8 Å². The van der Waals surface area contributed by atoms with Gasteiger partial charge in [-0.05, 0) is 51.3 Å². The van der Waals surface area contributed by atoms with Crippen LogP contribution < -0.4 is 15.1 Å². The van der Waals surface area contributed by atoms with Crippen LogP contribution in [0.3, 0.4) is 0 Å². The predicted molar refractivity (Wildman–Crippen MR) is 163 cm³/mol. The summed E-state index contributed by atoms with van der Waals surface area (Å²) in [5, 5.41) is 17.2. The van der Waals surface area contributed by atoms with E-state index >= 15 is 8.78 Å². The zero-order chi connectivity index (χ0) is 28.6. The summed E-state index contributed by atoms with van der Waals surface area (Å²) >= 11 is -1.69. The van der Waals surface area contributed by atoms with E-state index in [0.29, 0.717) is 62.6 Å². The molecule has 1 saturated heterocycles. The highest BCUT2D eigenvalue weighted by Crippen LogP contribution is 2.48. The molecule has 0 bridgehead atoms. The van der Waals surface area contributed by atoms with Gasteiger partial charge in [0, 0.05) is 94.9 Å². The normalized spacial score (nSPS) is 18.7. The second-order valence-corrected chi connectivity index (χ2v) is 12.6. The van der Waals surface area contributed by atoms with Gasteiger partial charge in [0.05, 0.1) is 24.1 Å². The summed E-state index contributed by atoms with van der Waals surface area (Å²) in [6, 6.07) is 3.58. The lowest BCUT2D eigenvalue weighted by molar-refractivity contribution is -0.128. The van der Waals surface area contributed by atoms with Crippen molar-refractivity contribution in [3.8, 4) is 11.1 Å². The molecule has 2 aromatic rings. The number of halogens is 3. The van der Waals surface area contributed by atoms with Gasteiger partial charge in [-0.3, -0.25) is 14.9 Å². The predicted octanol–water partition coefficient (Wildman–Crippen LogP) is 4.05. The Morgan fingerprint density at radius 2 is 1.95 bits per heavy atom. The lowest BCUT2D eigenvalue weighted by atomic mass is 9.97. The maximum atomic E-state index is 15.5. The van der Waals surface area contributed by atoms with Gasteiger partial charge in [-0.15, -0.1) is 0 Å². The average Bonchev–Trinajstić information content (AvgIpc) is 3.39. The van der Waals surface area contributed by atoms with Crippen molar-refractivity contribution in [3.05, 3.63) is 41.4 Å². The van der Waals surface area contributed by atoms with Crippen LogP contribution in [0, 0.1) is 5.41 Å². The molecule has 0 aliphatic carbocycles. The number of hydrogen-bond acceptors (Lipinski definition) is 6. The fraction of sp³-hybridized carbons (Fsp3) is 0.500. The number of nitrogens with one attached hydrogen (secondary N) is 2. The molecular formula is C28H36F2IN7O2. The van der Waals surface area contributed by atoms with Crippen LogP contribution in [0.25, 0.3) is 11.1 Å². The largest absolute Gasteiger partial charge is 0.385 e. The Hall–Kier alpha value is -2.87. The Bertz CT molecular complexity index is 1350. The van der Waals surface area contributed by atoms with Crippen molar-refractivity contribution in [2.75, 3.05) is 56.2 Å². The molecule has 1 amide bonds. The number of nitrogens with zero attached hydrogens (tertiary/aromatic N) is 5. The van der Waals surface area contributed by atoms with Gasteiger partial charge in [-0.25, -0.2) is 0 Å². The van der Waals surface area contributed by atoms with Crippen molar-refractivity contribution in [2.45, 2.75) is 36.2 Å². The van der Waals surface area contributed by atoms with Crippen LogP contribution in [-0.2, 0) is 20.5 Å². The van der Waals surface area contributed by atoms with Gasteiger partial charge in [0.2, 0.25) is 5.91 Å². The van der Waals surface area contributed by atoms with Gasteiger partial charge in [0.25, 0.3) is 0 Å². The Morgan fingerprint density at radius 1 is 1.20 bits per heavy atom. The molecule has 1 aromatic carbocycles. The number of aryl methyl sites for hydroxylation is 1. The van der Waals surface area contributed by atoms with Crippen molar-refractivity contribution in [2.24, 2.45) is 7.05 Å². The first kappa shape index (κ1) is 28.7. The number of carbonyl (C=O) groups is 1. The van der Waals surface area contributed by atoms with E-state index in [4.69, 9.17) is 4.74 Å². The van der Waals surface area contributed by atoms with Crippen LogP contribution in [0.2, 0.25) is 0 Å². The highest BCUT2D eigenvalue weighted by atomic mass is 127. The Balaban J connectivity index is 1.59. The minimum atomic E-state index is -3.06. The van der Waals surface area contributed by atoms with Gasteiger partial charge in [0.1, 0.15) is 5.84 Å². The van der Waals surface area contributed by atoms with Gasteiger partial charge in [-0.1, -0.05) is 4.51 Å². The highest BCUT2D eigenvalue weighted by molar-refractivity contribution is 14.2. The minimum absolute atomic E-state index is 0.0448. The molecule has 4 heterocycles. The molecule has 0 unspecified atom stereocenters. The molecule has 0 radical (unpaired) electrons. The van der Waals surface area contributed by atoms with E-state index in [1.807, 2.05) is 16.8 Å². The molecule has 5 rings (SSSR count). The number of alkyl halides is 3. The number of rotatable bonds is 6. The van der Waals surface area contributed by atoms with E-state index in [1.54, 1.807) is 48.1 Å². The molecule has 40 heavy (non-hydrogen) atoms. The Labute approximate surface area is 243 Å². The fourth-order valence-electron chi connectivity index (χ4n) is 5.59. The summed E-state index contributed by atoms with van der Waals surface area (Å²) in [4.78, 5) is 17.9. The molecule has 216 valence electrons. The fourth-order valence-corrected chi connectivity index (χ4v) is 6.44. The van der Waals surface area contributed by atoms with E-state index < -0.39 is 24.7 Å². The third-order valence-corrected chi connectivity index (χ3v) is 9.45. The lowest BCUT2D eigenvalue weighted by Gasteiger charge is -2.41. The second-order valence-electron chi connectivity index (χ2n) is 10.5. The first-order valence-corrected chi connectivity index (χ1v) is 16.0. The molecule has 0 atom stereocenters. The zero-order valence-corrected chi connectivity index (χ0v) is 25.3. The van der Waals surface area contributed by atoms with Crippen LogP contribution in [0.15, 0.2) is 35.8 Å². The number of anilines is 2. The average molecular weight is 668 g/mol. The van der Waals surface area contributed by atoms with Crippen molar-refractivity contribution < 1.29 is 18.3 Å². The minimum Gasteiger partial charge on any atom is -0.385 e. The summed E-state index contributed by atoms with van der Waals surface area (Å²) in [7, 11) is 3.70. The van der Waals surface area contributed by atoms with E-state index in [-0.39, 0.29) is 23.3 Å². The summed E-state index contributed by atoms with van der Waals surface area (Å²) in [5.41, 5.74) is 3.99. The standard InChI is InChI=1S/C28H36F2IN7O2/c1-18(39)37-8-5-24(34-20-6-11-40-12-7-20)22(17-37)27(32)38-10-9-35(3)25-13-21(19-15-33-36(4)16-19)23(14-26(25)38)28(29,30)31-2/h13-16,20,32,34H,2,5-12,17H2,1,3-4H3. The van der Waals surface area contributed by atoms with Crippen molar-refractivity contribution in [1.82, 2.24) is 20.0 Å². The van der Waals surface area contributed by atoms with Crippen LogP contribution in [0.5, 0.6) is 0 Å². The molecule has 1 fully saturated rings. The molecule has 3 aliphatic rings. The molecule has 0 spiro atoms. The van der Waals surface area contributed by atoms with Crippen LogP contribution in [0.4, 0.5) is 20.2 Å². The first-order valence-electron chi connectivity index (χ1n) is 13.4. The summed E-state index contributed by atoms with van der Waals surface area (Å²) in [6.45, 7) is 4.89. The molecule has 0 saturated carbocycles. The number of aromatic nitrogens is 2. The maximum Gasteiger partial charge on any atom is 0.316 e. The quantitative estimate of drug-likeness (QED) is 0.209. The molecule has 2 N–H and O–H groups in total. The van der Waals surface area contributed by atoms with E-state index in [9.17, 15) is 10.2 Å². The van der Waals surface area contributed by atoms with Crippen molar-refractivity contribution in [3.63, 3.8) is 0 Å². The Kier molecular flexibility index (Phi) is 8.27. The van der Waals surface area contributed by atoms with Gasteiger partial charge >= 0.3 is 3.93 Å². The van der Waals surface area contributed by atoms with Gasteiger partial charge < -0.3 is 24.8 Å². The molecule has 9 nitrogen and oxygen atoms in total. The number of ether oxygens (including phenoxy) is 1. The number of amidine groups is 1. The monoisotopic (exact) mass is 667 g/mol. The molecule has 1 aromatic heterocycles. The first-order chi connectivity index (χ1) is 19.1. The van der Waals surface area contributed by atoms with E-state index in [1.165, 1.54) is 0 Å². The van der Waals surface area contributed by atoms with Gasteiger partial charge in [0.15, 0.2) is 0 Å². The van der Waals surface area contributed by atoms with Crippen LogP contribution in [0.1, 0.15) is 31.7 Å². The van der Waals surface area contributed by atoms with Gasteiger partial charge in [-0.2, -0.15) is 13.9 Å². The molecule has 12 heteroatoms. The number of fused-ring (bicyclic) bond motifs is 1. The van der Waals surface area contributed by atoms with Crippen molar-refractivity contribution in [1.29, 1.82) is 5.41 Å². The lowest BCUT2D eigenvalue weighted by Crippen LogP contribution is -2.48. The smallest absolute Gasteiger partial charge is 0.316 e. The third-order valence-electron chi connectivity index (χ3n) is 7.91. The SMILES string of the molecule is C=IC(F)(F)c1cc2c(cc1-c1cnn(C)c1)N(C)CCN2C(=N)C1=C(NC2CCOCC2)CCN(C(C)=O)C1. The van der Waals surface area contributed by atoms with Crippen molar-refractivity contribution >= 4 is 48.4 Å². The number of benzene rings is 1. The topological polar surface area (TPSA) is 89.7 Å². The highest BCUT2D eigenvalue weighted by Gasteiger charge is 2.37.